The summed E-state index contributed by atoms with van der Waals surface area (Å²) in [6.07, 6.45) is 9.23. The number of pyridine rings is 1. The molecule has 0 bridgehead atoms. The molecule has 0 aliphatic heterocycles. The second-order valence-corrected chi connectivity index (χ2v) is 7.55. The van der Waals surface area contributed by atoms with Crippen LogP contribution in [0.5, 0.6) is 0 Å². The van der Waals surface area contributed by atoms with Gasteiger partial charge >= 0.3 is 0 Å². The first-order valence-corrected chi connectivity index (χ1v) is 11.4. The molecule has 0 saturated heterocycles. The van der Waals surface area contributed by atoms with Crippen molar-refractivity contribution < 1.29 is 9.13 Å². The van der Waals surface area contributed by atoms with Gasteiger partial charge in [-0.25, -0.2) is 4.39 Å². The van der Waals surface area contributed by atoms with Crippen molar-refractivity contribution in [1.82, 2.24) is 10.3 Å². The van der Waals surface area contributed by atoms with Crippen LogP contribution in [0.3, 0.4) is 0 Å². The Hall–Kier alpha value is -3.47. The molecule has 0 unspecified atom stereocenters. The Morgan fingerprint density at radius 1 is 1.21 bits per heavy atom. The molecule has 2 rings (SSSR count). The molecule has 0 atom stereocenters. The maximum Gasteiger partial charge on any atom is 0.138 e. The van der Waals surface area contributed by atoms with E-state index in [4.69, 9.17) is 4.74 Å². The van der Waals surface area contributed by atoms with E-state index in [0.29, 0.717) is 24.6 Å². The Morgan fingerprint density at radius 3 is 2.44 bits per heavy atom. The lowest BCUT2D eigenvalue weighted by Gasteiger charge is -2.15. The van der Waals surface area contributed by atoms with E-state index < -0.39 is 0 Å². The number of benzene rings is 1. The first-order chi connectivity index (χ1) is 16.4. The minimum Gasteiger partial charge on any atom is -0.492 e. The van der Waals surface area contributed by atoms with E-state index in [2.05, 4.69) is 49.0 Å². The summed E-state index contributed by atoms with van der Waals surface area (Å²) in [7, 11) is 0. The highest BCUT2D eigenvalue weighted by atomic mass is 19.1. The lowest BCUT2D eigenvalue weighted by atomic mass is 10.0. The van der Waals surface area contributed by atoms with E-state index in [1.807, 2.05) is 57.2 Å². The molecule has 0 aliphatic rings. The molecule has 1 aromatic heterocycles. The summed E-state index contributed by atoms with van der Waals surface area (Å²) >= 11 is 0. The zero-order valence-corrected chi connectivity index (χ0v) is 21.4. The summed E-state index contributed by atoms with van der Waals surface area (Å²) in [4.78, 5) is 7.63. The van der Waals surface area contributed by atoms with Crippen LogP contribution in [0.2, 0.25) is 0 Å². The Balaban J connectivity index is 0.000000819. The van der Waals surface area contributed by atoms with Gasteiger partial charge in [-0.3, -0.25) is 9.98 Å². The van der Waals surface area contributed by atoms with E-state index in [-0.39, 0.29) is 5.82 Å². The molecule has 184 valence electrons. The number of allylic oxidation sites excluding steroid dienone is 5. The Kier molecular flexibility index (Phi) is 17.1. The number of aliphatic imine (C=N–C) groups is 1. The van der Waals surface area contributed by atoms with E-state index in [0.717, 1.165) is 29.1 Å². The van der Waals surface area contributed by atoms with Crippen LogP contribution >= 0.6 is 0 Å². The number of hydrogen-bond donors (Lipinski definition) is 1. The van der Waals surface area contributed by atoms with Crippen LogP contribution in [0.15, 0.2) is 96.6 Å². The van der Waals surface area contributed by atoms with Gasteiger partial charge < -0.3 is 10.1 Å². The van der Waals surface area contributed by atoms with E-state index in [1.54, 1.807) is 24.5 Å². The van der Waals surface area contributed by atoms with Crippen molar-refractivity contribution in [3.05, 3.63) is 109 Å². The number of ether oxygens (including phenoxy) is 1. The second-order valence-electron chi connectivity index (χ2n) is 7.55. The summed E-state index contributed by atoms with van der Waals surface area (Å²) in [6.45, 7) is 21.6. The molecule has 1 aromatic carbocycles. The van der Waals surface area contributed by atoms with Gasteiger partial charge in [0.25, 0.3) is 0 Å². The third-order valence-electron chi connectivity index (χ3n) is 4.22. The van der Waals surface area contributed by atoms with Gasteiger partial charge in [-0.2, -0.15) is 0 Å². The molecule has 1 heterocycles. The van der Waals surface area contributed by atoms with Crippen LogP contribution < -0.4 is 5.32 Å². The molecule has 0 saturated carbocycles. The summed E-state index contributed by atoms with van der Waals surface area (Å²) < 4.78 is 20.1. The molecule has 0 radical (unpaired) electrons. The fourth-order valence-electron chi connectivity index (χ4n) is 2.72. The second kappa shape index (κ2) is 19.0. The monoisotopic (exact) mass is 465 g/mol. The quantitative estimate of drug-likeness (QED) is 0.172. The predicted octanol–water partition coefficient (Wildman–Crippen LogP) is 7.38. The molecule has 5 heteroatoms. The van der Waals surface area contributed by atoms with Crippen LogP contribution in [0.1, 0.15) is 45.7 Å². The number of nitrogens with one attached hydrogen (secondary N) is 1. The molecular formula is C29H40FN3O. The minimum atomic E-state index is -0.235. The normalized spacial score (nSPS) is 11.6. The van der Waals surface area contributed by atoms with Gasteiger partial charge in [0.05, 0.1) is 18.8 Å². The molecule has 0 fully saturated rings. The van der Waals surface area contributed by atoms with Crippen molar-refractivity contribution in [1.29, 1.82) is 0 Å². The molecule has 1 N–H and O–H groups in total. The number of aromatic nitrogens is 1. The Morgan fingerprint density at radius 2 is 1.91 bits per heavy atom. The van der Waals surface area contributed by atoms with Gasteiger partial charge in [-0.15, -0.1) is 13.2 Å². The molecule has 34 heavy (non-hydrogen) atoms. The van der Waals surface area contributed by atoms with Crippen LogP contribution in [-0.2, 0) is 11.3 Å². The summed E-state index contributed by atoms with van der Waals surface area (Å²) in [5.74, 6) is 0.935. The summed E-state index contributed by atoms with van der Waals surface area (Å²) in [6, 6.07) is 10.7. The largest absolute Gasteiger partial charge is 0.492 e. The lowest BCUT2D eigenvalue weighted by molar-refractivity contribution is 0.186. The van der Waals surface area contributed by atoms with Gasteiger partial charge in [0, 0.05) is 24.5 Å². The molecule has 0 spiro atoms. The highest BCUT2D eigenvalue weighted by Gasteiger charge is 2.09. The third-order valence-corrected chi connectivity index (χ3v) is 4.22. The predicted molar refractivity (Wildman–Crippen MR) is 145 cm³/mol. The number of rotatable bonds is 10. The first-order valence-electron chi connectivity index (χ1n) is 11.4. The minimum absolute atomic E-state index is 0.235. The van der Waals surface area contributed by atoms with Crippen molar-refractivity contribution in [2.75, 3.05) is 13.2 Å². The Bertz CT molecular complexity index is 918. The highest BCUT2D eigenvalue weighted by Crippen LogP contribution is 2.23. The summed E-state index contributed by atoms with van der Waals surface area (Å²) in [5.41, 5.74) is 3.42. The van der Waals surface area contributed by atoms with Crippen molar-refractivity contribution in [3.8, 4) is 0 Å². The first kappa shape index (κ1) is 30.5. The topological polar surface area (TPSA) is 46.5 Å². The fourth-order valence-corrected chi connectivity index (χ4v) is 2.72. The third kappa shape index (κ3) is 12.5. The average Bonchev–Trinajstić information content (AvgIpc) is 2.84. The highest BCUT2D eigenvalue weighted by molar-refractivity contribution is 5.76. The number of nitrogens with zero attached hydrogens (tertiary/aromatic N) is 2. The van der Waals surface area contributed by atoms with Gasteiger partial charge in [0.2, 0.25) is 0 Å². The molecule has 0 amide bonds. The van der Waals surface area contributed by atoms with Crippen LogP contribution in [0.4, 0.5) is 4.39 Å². The van der Waals surface area contributed by atoms with Gasteiger partial charge in [0.15, 0.2) is 0 Å². The van der Waals surface area contributed by atoms with Gasteiger partial charge in [-0.05, 0) is 62.8 Å². The SMILES string of the molecule is C=C.C=NCc1cccnc1.C\C=C/C(=C\C(OCC(C)C)=C(\C)NCC)c1ccccc1F. The zero-order chi connectivity index (χ0) is 25.8. The zero-order valence-electron chi connectivity index (χ0n) is 21.4. The van der Waals surface area contributed by atoms with Crippen molar-refractivity contribution in [3.63, 3.8) is 0 Å². The molecule has 4 nitrogen and oxygen atoms in total. The maximum atomic E-state index is 14.1. The van der Waals surface area contributed by atoms with E-state index in [9.17, 15) is 4.39 Å². The van der Waals surface area contributed by atoms with E-state index in [1.165, 1.54) is 6.07 Å². The van der Waals surface area contributed by atoms with Crippen LogP contribution in [0, 0.1) is 11.7 Å². The maximum absolute atomic E-state index is 14.1. The van der Waals surface area contributed by atoms with E-state index >= 15 is 0 Å². The Labute approximate surface area is 205 Å². The fraction of sp³-hybridized carbons (Fsp3) is 0.310. The molecule has 2 aromatic rings. The van der Waals surface area contributed by atoms with Gasteiger partial charge in [-0.1, -0.05) is 50.3 Å². The molecular weight excluding hydrogens is 425 g/mol. The van der Waals surface area contributed by atoms with Gasteiger partial charge in [0.1, 0.15) is 11.6 Å². The smallest absolute Gasteiger partial charge is 0.138 e. The lowest BCUT2D eigenvalue weighted by Crippen LogP contribution is -2.14. The van der Waals surface area contributed by atoms with Crippen molar-refractivity contribution in [2.24, 2.45) is 10.9 Å². The molecule has 0 aliphatic carbocycles. The average molecular weight is 466 g/mol. The number of hydrogen-bond acceptors (Lipinski definition) is 4. The van der Waals surface area contributed by atoms with Crippen LogP contribution in [0.25, 0.3) is 5.57 Å². The van der Waals surface area contributed by atoms with Crippen molar-refractivity contribution in [2.45, 2.75) is 41.2 Å². The standard InChI is InChI=1S/C20H28FNO.C7H8N2.C2H4/c1-6-10-17(18-11-8-9-12-19(18)21)13-20(16(5)22-7-2)23-14-15(3)4;1-8-5-7-3-2-4-9-6-7;1-2/h6,8-13,15,22H,7,14H2,1-5H3;2-4,6H,1,5H2;1-2H2/b10-6-,17-13+,20-16+;;. The number of halogens is 1. The summed E-state index contributed by atoms with van der Waals surface area (Å²) in [5, 5.41) is 3.28. The van der Waals surface area contributed by atoms with Crippen molar-refractivity contribution >= 4 is 12.3 Å². The van der Waals surface area contributed by atoms with Crippen LogP contribution in [-0.4, -0.2) is 24.9 Å².